The number of carbonyl (C=O) groups is 1. The fourth-order valence-electron chi connectivity index (χ4n) is 1.99. The predicted octanol–water partition coefficient (Wildman–Crippen LogP) is 3.94. The van der Waals surface area contributed by atoms with Crippen molar-refractivity contribution >= 4 is 52.1 Å². The van der Waals surface area contributed by atoms with Crippen LogP contribution in [-0.4, -0.2) is 18.0 Å². The van der Waals surface area contributed by atoms with Gasteiger partial charge in [-0.05, 0) is 18.9 Å². The van der Waals surface area contributed by atoms with Gasteiger partial charge in [0.2, 0.25) is 0 Å². The van der Waals surface area contributed by atoms with Gasteiger partial charge in [-0.15, -0.1) is 23.7 Å². The van der Waals surface area contributed by atoms with Crippen molar-refractivity contribution in [3.05, 3.63) is 33.8 Å². The Labute approximate surface area is 143 Å². The maximum Gasteiger partial charge on any atom is 0.261 e. The molecule has 2 aromatic rings. The van der Waals surface area contributed by atoms with E-state index in [9.17, 15) is 4.79 Å². The van der Waals surface area contributed by atoms with Gasteiger partial charge in [0.25, 0.3) is 5.91 Å². The highest BCUT2D eigenvalue weighted by atomic mass is 35.5. The van der Waals surface area contributed by atoms with Crippen LogP contribution in [0.2, 0.25) is 5.02 Å². The molecule has 1 heterocycles. The molecule has 0 radical (unpaired) electrons. The molecule has 1 aromatic heterocycles. The predicted molar refractivity (Wildman–Crippen MR) is 91.7 cm³/mol. The zero-order valence-electron chi connectivity index (χ0n) is 11.8. The van der Waals surface area contributed by atoms with E-state index in [1.165, 1.54) is 43.4 Å². The molecule has 0 saturated heterocycles. The number of nitrogens with one attached hydrogen (secondary N) is 1. The Hall–Kier alpha value is -1.50. The summed E-state index contributed by atoms with van der Waals surface area (Å²) in [7, 11) is 1.48. The van der Waals surface area contributed by atoms with Crippen molar-refractivity contribution in [2.24, 2.45) is 0 Å². The van der Waals surface area contributed by atoms with Gasteiger partial charge in [0, 0.05) is 17.4 Å². The number of hydrogen-bond donors (Lipinski definition) is 2. The molecule has 0 spiro atoms. The smallest absolute Gasteiger partial charge is 0.261 e. The summed E-state index contributed by atoms with van der Waals surface area (Å²) < 4.78 is 5.18. The number of rotatable bonds is 4. The van der Waals surface area contributed by atoms with E-state index in [0.717, 1.165) is 5.69 Å². The quantitative estimate of drug-likeness (QED) is 0.810. The minimum Gasteiger partial charge on any atom is -0.496 e. The van der Waals surface area contributed by atoms with E-state index >= 15 is 0 Å². The maximum absolute atomic E-state index is 12.3. The molecule has 1 aliphatic rings. The lowest BCUT2D eigenvalue weighted by Crippen LogP contribution is -2.13. The standard InChI is InChI=1S/C14H14ClN3O2S.ClH/c1-20-12-5-10(16)9(15)4-8(12)13(19)18-14-17-11(6-21-14)7-2-3-7;/h4-7H,2-3,16H2,1H3,(H,17,18,19);1H. The van der Waals surface area contributed by atoms with Crippen LogP contribution in [0.5, 0.6) is 5.75 Å². The van der Waals surface area contributed by atoms with Gasteiger partial charge in [-0.1, -0.05) is 11.6 Å². The molecule has 1 saturated carbocycles. The van der Waals surface area contributed by atoms with Gasteiger partial charge in [0.05, 0.1) is 29.1 Å². The average molecular weight is 360 g/mol. The Kier molecular flexibility index (Phi) is 5.16. The van der Waals surface area contributed by atoms with Gasteiger partial charge in [0.1, 0.15) is 5.75 Å². The molecule has 0 bridgehead atoms. The largest absolute Gasteiger partial charge is 0.496 e. The SMILES string of the molecule is COc1cc(N)c(Cl)cc1C(=O)Nc1nc(C2CC2)cs1.Cl. The molecule has 1 aromatic carbocycles. The molecule has 1 amide bonds. The van der Waals surface area contributed by atoms with Crippen LogP contribution in [0.25, 0.3) is 0 Å². The molecule has 0 atom stereocenters. The van der Waals surface area contributed by atoms with E-state index in [4.69, 9.17) is 22.1 Å². The minimum absolute atomic E-state index is 0. The Morgan fingerprint density at radius 3 is 2.86 bits per heavy atom. The van der Waals surface area contributed by atoms with Crippen LogP contribution < -0.4 is 15.8 Å². The number of nitrogens with two attached hydrogens (primary N) is 1. The maximum atomic E-state index is 12.3. The first kappa shape index (κ1) is 16.9. The number of halogens is 2. The summed E-state index contributed by atoms with van der Waals surface area (Å²) in [6.45, 7) is 0. The number of anilines is 2. The number of ether oxygens (including phenoxy) is 1. The molecule has 5 nitrogen and oxygen atoms in total. The van der Waals surface area contributed by atoms with E-state index < -0.39 is 0 Å². The molecule has 1 aliphatic carbocycles. The number of methoxy groups -OCH3 is 1. The Bertz CT molecular complexity index is 701. The topological polar surface area (TPSA) is 77.2 Å². The number of nitrogen functional groups attached to an aromatic ring is 1. The molecule has 118 valence electrons. The second-order valence-corrected chi connectivity index (χ2v) is 6.15. The normalized spacial score (nSPS) is 13.4. The summed E-state index contributed by atoms with van der Waals surface area (Å²) in [5, 5.41) is 5.66. The lowest BCUT2D eigenvalue weighted by atomic mass is 10.1. The second-order valence-electron chi connectivity index (χ2n) is 4.88. The van der Waals surface area contributed by atoms with Crippen LogP contribution in [0.15, 0.2) is 17.5 Å². The van der Waals surface area contributed by atoms with Crippen molar-refractivity contribution < 1.29 is 9.53 Å². The van der Waals surface area contributed by atoms with Gasteiger partial charge >= 0.3 is 0 Å². The Morgan fingerprint density at radius 1 is 1.50 bits per heavy atom. The summed E-state index contributed by atoms with van der Waals surface area (Å²) in [4.78, 5) is 16.7. The first-order chi connectivity index (χ1) is 10.1. The monoisotopic (exact) mass is 359 g/mol. The van der Waals surface area contributed by atoms with Gasteiger partial charge in [-0.2, -0.15) is 0 Å². The fraction of sp³-hybridized carbons (Fsp3) is 0.286. The van der Waals surface area contributed by atoms with Crippen molar-refractivity contribution in [3.63, 3.8) is 0 Å². The molecule has 0 unspecified atom stereocenters. The number of carbonyl (C=O) groups excluding carboxylic acids is 1. The molecule has 3 N–H and O–H groups in total. The Balaban J connectivity index is 0.00000176. The van der Waals surface area contributed by atoms with Crippen LogP contribution in [0, 0.1) is 0 Å². The third kappa shape index (κ3) is 3.45. The van der Waals surface area contributed by atoms with Crippen molar-refractivity contribution in [1.29, 1.82) is 0 Å². The van der Waals surface area contributed by atoms with Gasteiger partial charge in [-0.25, -0.2) is 4.98 Å². The number of nitrogens with zero attached hydrogens (tertiary/aromatic N) is 1. The number of amides is 1. The van der Waals surface area contributed by atoms with E-state index in [-0.39, 0.29) is 18.3 Å². The van der Waals surface area contributed by atoms with Crippen LogP contribution in [0.4, 0.5) is 10.8 Å². The van der Waals surface area contributed by atoms with Crippen molar-refractivity contribution in [2.75, 3.05) is 18.2 Å². The lowest BCUT2D eigenvalue weighted by Gasteiger charge is -2.10. The third-order valence-corrected chi connectivity index (χ3v) is 4.40. The molecular weight excluding hydrogens is 345 g/mol. The highest BCUT2D eigenvalue weighted by Gasteiger charge is 2.26. The summed E-state index contributed by atoms with van der Waals surface area (Å²) >= 11 is 7.39. The lowest BCUT2D eigenvalue weighted by molar-refractivity contribution is 0.102. The zero-order valence-corrected chi connectivity index (χ0v) is 14.1. The molecule has 8 heteroatoms. The molecule has 0 aliphatic heterocycles. The zero-order chi connectivity index (χ0) is 15.0. The highest BCUT2D eigenvalue weighted by molar-refractivity contribution is 7.14. The third-order valence-electron chi connectivity index (χ3n) is 3.30. The first-order valence-corrected chi connectivity index (χ1v) is 7.74. The Morgan fingerprint density at radius 2 is 2.23 bits per heavy atom. The van der Waals surface area contributed by atoms with Crippen LogP contribution in [-0.2, 0) is 0 Å². The number of thiazole rings is 1. The number of hydrogen-bond acceptors (Lipinski definition) is 5. The second kappa shape index (κ2) is 6.73. The van der Waals surface area contributed by atoms with Crippen molar-refractivity contribution in [1.82, 2.24) is 4.98 Å². The van der Waals surface area contributed by atoms with Crippen LogP contribution in [0.3, 0.4) is 0 Å². The van der Waals surface area contributed by atoms with Crippen LogP contribution in [0.1, 0.15) is 34.8 Å². The average Bonchev–Trinajstić information content (AvgIpc) is 3.22. The van der Waals surface area contributed by atoms with Gasteiger partial charge in [0.15, 0.2) is 5.13 Å². The minimum atomic E-state index is -0.314. The van der Waals surface area contributed by atoms with Crippen LogP contribution >= 0.6 is 35.3 Å². The highest BCUT2D eigenvalue weighted by Crippen LogP contribution is 2.41. The first-order valence-electron chi connectivity index (χ1n) is 6.48. The summed E-state index contributed by atoms with van der Waals surface area (Å²) in [5.41, 5.74) is 7.46. The fourth-order valence-corrected chi connectivity index (χ4v) is 2.94. The molecular formula is C14H15Cl2N3O2S. The van der Waals surface area contributed by atoms with Gasteiger partial charge in [-0.3, -0.25) is 10.1 Å². The van der Waals surface area contributed by atoms with E-state index in [1.54, 1.807) is 0 Å². The number of aromatic nitrogens is 1. The van der Waals surface area contributed by atoms with E-state index in [1.807, 2.05) is 5.38 Å². The van der Waals surface area contributed by atoms with E-state index in [2.05, 4.69) is 10.3 Å². The number of benzene rings is 1. The molecule has 1 fully saturated rings. The molecule has 22 heavy (non-hydrogen) atoms. The van der Waals surface area contributed by atoms with E-state index in [0.29, 0.717) is 33.1 Å². The summed E-state index contributed by atoms with van der Waals surface area (Å²) in [5.74, 6) is 0.631. The molecule has 3 rings (SSSR count). The summed E-state index contributed by atoms with van der Waals surface area (Å²) in [6, 6.07) is 3.04. The van der Waals surface area contributed by atoms with Gasteiger partial charge < -0.3 is 10.5 Å². The van der Waals surface area contributed by atoms with Crippen molar-refractivity contribution in [2.45, 2.75) is 18.8 Å². The van der Waals surface area contributed by atoms with Crippen molar-refractivity contribution in [3.8, 4) is 5.75 Å². The summed E-state index contributed by atoms with van der Waals surface area (Å²) in [6.07, 6.45) is 2.36.